The molecule has 0 aliphatic rings. The summed E-state index contributed by atoms with van der Waals surface area (Å²) in [5.41, 5.74) is 11.9. The molecule has 6 heteroatoms. The van der Waals surface area contributed by atoms with Crippen LogP contribution in [0, 0.1) is 6.92 Å². The molecule has 3 heterocycles. The number of aromatic nitrogens is 4. The van der Waals surface area contributed by atoms with Gasteiger partial charge in [0.25, 0.3) is 0 Å². The van der Waals surface area contributed by atoms with Gasteiger partial charge in [-0.25, -0.2) is 4.98 Å². The summed E-state index contributed by atoms with van der Waals surface area (Å²) < 4.78 is 0. The first-order valence-electron chi connectivity index (χ1n) is 9.83. The maximum atomic E-state index is 11.3. The highest BCUT2D eigenvalue weighted by Crippen LogP contribution is 2.33. The number of H-pyrrole nitrogens is 1. The molecule has 150 valence electrons. The van der Waals surface area contributed by atoms with Gasteiger partial charge in [-0.2, -0.15) is 0 Å². The number of hydrogen-bond donors (Lipinski definition) is 2. The Morgan fingerprint density at radius 3 is 2.40 bits per heavy atom. The standard InChI is InChI=1S/C24H23N5O/c1-14(2)24-28-21(22(29-24)20-9-4-6-15(3)27-20)17-8-5-7-16(12-17)19-11-10-18(13-26-19)23(25)30/h4-14H,1-3H3,(H2,25,30)(H,28,29). The van der Waals surface area contributed by atoms with E-state index in [9.17, 15) is 4.79 Å². The molecule has 0 radical (unpaired) electrons. The van der Waals surface area contributed by atoms with E-state index in [1.54, 1.807) is 12.1 Å². The van der Waals surface area contributed by atoms with Crippen molar-refractivity contribution in [2.24, 2.45) is 5.73 Å². The molecule has 0 aliphatic heterocycles. The minimum atomic E-state index is -0.490. The minimum absolute atomic E-state index is 0.258. The molecule has 6 nitrogen and oxygen atoms in total. The highest BCUT2D eigenvalue weighted by atomic mass is 16.1. The monoisotopic (exact) mass is 397 g/mol. The van der Waals surface area contributed by atoms with Gasteiger partial charge in [-0.15, -0.1) is 0 Å². The third kappa shape index (κ3) is 3.85. The van der Waals surface area contributed by atoms with Crippen LogP contribution in [-0.4, -0.2) is 25.8 Å². The number of primary amides is 1. The van der Waals surface area contributed by atoms with Crippen molar-refractivity contribution in [2.75, 3.05) is 0 Å². The zero-order valence-electron chi connectivity index (χ0n) is 17.2. The highest BCUT2D eigenvalue weighted by Gasteiger charge is 2.17. The zero-order valence-corrected chi connectivity index (χ0v) is 17.2. The normalized spacial score (nSPS) is 11.1. The van der Waals surface area contributed by atoms with Crippen molar-refractivity contribution >= 4 is 5.91 Å². The van der Waals surface area contributed by atoms with Crippen molar-refractivity contribution in [1.29, 1.82) is 0 Å². The summed E-state index contributed by atoms with van der Waals surface area (Å²) in [4.78, 5) is 28.7. The molecular weight excluding hydrogens is 374 g/mol. The molecule has 3 N–H and O–H groups in total. The van der Waals surface area contributed by atoms with E-state index >= 15 is 0 Å². The number of nitrogens with one attached hydrogen (secondary N) is 1. The third-order valence-electron chi connectivity index (χ3n) is 4.89. The second-order valence-corrected chi connectivity index (χ2v) is 7.54. The van der Waals surface area contributed by atoms with E-state index < -0.39 is 5.91 Å². The van der Waals surface area contributed by atoms with Crippen molar-refractivity contribution in [3.63, 3.8) is 0 Å². The maximum Gasteiger partial charge on any atom is 0.250 e. The fourth-order valence-electron chi connectivity index (χ4n) is 3.28. The molecule has 0 fully saturated rings. The van der Waals surface area contributed by atoms with E-state index in [1.807, 2.05) is 49.4 Å². The van der Waals surface area contributed by atoms with Crippen molar-refractivity contribution < 1.29 is 4.79 Å². The van der Waals surface area contributed by atoms with Gasteiger partial charge in [0.1, 0.15) is 5.82 Å². The lowest BCUT2D eigenvalue weighted by atomic mass is 10.0. The number of aromatic amines is 1. The summed E-state index contributed by atoms with van der Waals surface area (Å²) in [5.74, 6) is 0.682. The average molecular weight is 397 g/mol. The summed E-state index contributed by atoms with van der Waals surface area (Å²) in [7, 11) is 0. The Morgan fingerprint density at radius 1 is 0.967 bits per heavy atom. The fraction of sp³-hybridized carbons (Fsp3) is 0.167. The van der Waals surface area contributed by atoms with Gasteiger partial charge >= 0.3 is 0 Å². The van der Waals surface area contributed by atoms with Crippen LogP contribution in [0.3, 0.4) is 0 Å². The smallest absolute Gasteiger partial charge is 0.250 e. The molecule has 0 bridgehead atoms. The van der Waals surface area contributed by atoms with Crippen LogP contribution < -0.4 is 5.73 Å². The van der Waals surface area contributed by atoms with Crippen molar-refractivity contribution in [3.8, 4) is 33.9 Å². The summed E-state index contributed by atoms with van der Waals surface area (Å²) in [6.45, 7) is 6.19. The summed E-state index contributed by atoms with van der Waals surface area (Å²) in [6.07, 6.45) is 1.50. The second-order valence-electron chi connectivity index (χ2n) is 7.54. The number of benzene rings is 1. The summed E-state index contributed by atoms with van der Waals surface area (Å²) in [6, 6.07) is 17.5. The van der Waals surface area contributed by atoms with Gasteiger partial charge in [0, 0.05) is 28.9 Å². The third-order valence-corrected chi connectivity index (χ3v) is 4.89. The maximum absolute atomic E-state index is 11.3. The second kappa shape index (κ2) is 7.91. The lowest BCUT2D eigenvalue weighted by molar-refractivity contribution is 0.1000. The first-order chi connectivity index (χ1) is 14.4. The van der Waals surface area contributed by atoms with E-state index in [0.29, 0.717) is 5.56 Å². The summed E-state index contributed by atoms with van der Waals surface area (Å²) >= 11 is 0. The van der Waals surface area contributed by atoms with Gasteiger partial charge in [-0.3, -0.25) is 14.8 Å². The van der Waals surface area contributed by atoms with Crippen molar-refractivity contribution in [1.82, 2.24) is 19.9 Å². The van der Waals surface area contributed by atoms with Crippen molar-refractivity contribution in [2.45, 2.75) is 26.7 Å². The number of nitrogens with zero attached hydrogens (tertiary/aromatic N) is 3. The number of amides is 1. The molecule has 0 aliphatic carbocycles. The molecule has 1 amide bonds. The van der Waals surface area contributed by atoms with Crippen LogP contribution in [0.25, 0.3) is 33.9 Å². The number of imidazole rings is 1. The van der Waals surface area contributed by atoms with Crippen LogP contribution in [0.2, 0.25) is 0 Å². The molecule has 4 rings (SSSR count). The van der Waals surface area contributed by atoms with Crippen molar-refractivity contribution in [3.05, 3.63) is 77.9 Å². The van der Waals surface area contributed by atoms with E-state index in [0.717, 1.165) is 45.4 Å². The number of pyridine rings is 2. The Balaban J connectivity index is 1.81. The highest BCUT2D eigenvalue weighted by molar-refractivity contribution is 5.92. The predicted octanol–water partition coefficient (Wildman–Crippen LogP) is 4.73. The van der Waals surface area contributed by atoms with Crippen LogP contribution in [0.4, 0.5) is 0 Å². The van der Waals surface area contributed by atoms with E-state index in [-0.39, 0.29) is 5.92 Å². The molecule has 4 aromatic rings. The average Bonchev–Trinajstić information content (AvgIpc) is 3.20. The Labute approximate surface area is 175 Å². The molecule has 30 heavy (non-hydrogen) atoms. The zero-order chi connectivity index (χ0) is 21.3. The number of nitrogens with two attached hydrogens (primary N) is 1. The van der Waals surface area contributed by atoms with Crippen LogP contribution in [-0.2, 0) is 0 Å². The molecule has 0 saturated carbocycles. The molecule has 1 aromatic carbocycles. The first-order valence-corrected chi connectivity index (χ1v) is 9.83. The lowest BCUT2D eigenvalue weighted by Gasteiger charge is -2.07. The van der Waals surface area contributed by atoms with Crippen LogP contribution in [0.5, 0.6) is 0 Å². The van der Waals surface area contributed by atoms with Crippen LogP contribution in [0.15, 0.2) is 60.8 Å². The van der Waals surface area contributed by atoms with Crippen LogP contribution in [0.1, 0.15) is 41.6 Å². The number of hydrogen-bond acceptors (Lipinski definition) is 4. The number of carbonyl (C=O) groups excluding carboxylic acids is 1. The van der Waals surface area contributed by atoms with Gasteiger partial charge in [0.05, 0.1) is 28.3 Å². The van der Waals surface area contributed by atoms with Gasteiger partial charge < -0.3 is 10.7 Å². The summed E-state index contributed by atoms with van der Waals surface area (Å²) in [5, 5.41) is 0. The molecule has 0 spiro atoms. The molecule has 3 aromatic heterocycles. The van der Waals surface area contributed by atoms with E-state index in [2.05, 4.69) is 28.8 Å². The van der Waals surface area contributed by atoms with Gasteiger partial charge in [0.2, 0.25) is 5.91 Å². The van der Waals surface area contributed by atoms with E-state index in [1.165, 1.54) is 6.20 Å². The number of aryl methyl sites for hydroxylation is 1. The Hall–Kier alpha value is -3.80. The molecular formula is C24H23N5O. The topological polar surface area (TPSA) is 97.6 Å². The Kier molecular flexibility index (Phi) is 5.14. The lowest BCUT2D eigenvalue weighted by Crippen LogP contribution is -2.10. The molecule has 0 unspecified atom stereocenters. The SMILES string of the molecule is Cc1cccc(-c2[nH]c(C(C)C)nc2-c2cccc(-c3ccc(C(N)=O)cn3)c2)n1. The van der Waals surface area contributed by atoms with Gasteiger partial charge in [-0.1, -0.05) is 38.1 Å². The minimum Gasteiger partial charge on any atom is -0.366 e. The van der Waals surface area contributed by atoms with Gasteiger partial charge in [0.15, 0.2) is 0 Å². The van der Waals surface area contributed by atoms with E-state index in [4.69, 9.17) is 10.7 Å². The Morgan fingerprint density at radius 2 is 1.73 bits per heavy atom. The van der Waals surface area contributed by atoms with Crippen LogP contribution >= 0.6 is 0 Å². The first kappa shape index (κ1) is 19.5. The van der Waals surface area contributed by atoms with Gasteiger partial charge in [-0.05, 0) is 37.3 Å². The largest absolute Gasteiger partial charge is 0.366 e. The number of carbonyl (C=O) groups is 1. The fourth-order valence-corrected chi connectivity index (χ4v) is 3.28. The molecule has 0 saturated heterocycles. The quantitative estimate of drug-likeness (QED) is 0.508. The predicted molar refractivity (Wildman–Crippen MR) is 118 cm³/mol. The Bertz CT molecular complexity index is 1210. The number of rotatable bonds is 5. The molecule has 0 atom stereocenters.